The Bertz CT molecular complexity index is 911. The lowest BCUT2D eigenvalue weighted by Gasteiger charge is -2.24. The Morgan fingerprint density at radius 1 is 1.12 bits per heavy atom. The number of sulfonamides is 1. The van der Waals surface area contributed by atoms with Crippen molar-refractivity contribution < 1.29 is 13.2 Å². The van der Waals surface area contributed by atoms with E-state index in [0.717, 1.165) is 21.7 Å². The fourth-order valence-corrected chi connectivity index (χ4v) is 3.63. The normalized spacial score (nSPS) is 11.2. The molecule has 2 aromatic rings. The zero-order valence-corrected chi connectivity index (χ0v) is 16.2. The highest BCUT2D eigenvalue weighted by molar-refractivity contribution is 7.92. The number of hydrogen-bond donors (Lipinski definition) is 1. The van der Waals surface area contributed by atoms with Crippen LogP contribution in [0.2, 0.25) is 5.02 Å². The topological polar surface area (TPSA) is 66.5 Å². The highest BCUT2D eigenvalue weighted by Gasteiger charge is 2.22. The van der Waals surface area contributed by atoms with Crippen LogP contribution < -0.4 is 9.62 Å². The molecule has 2 aromatic carbocycles. The minimum Gasteiger partial charge on any atom is -0.324 e. The van der Waals surface area contributed by atoms with Gasteiger partial charge in [0.2, 0.25) is 15.9 Å². The van der Waals surface area contributed by atoms with Crippen molar-refractivity contribution in [2.75, 3.05) is 22.4 Å². The Morgan fingerprint density at radius 2 is 1.80 bits per heavy atom. The fourth-order valence-electron chi connectivity index (χ4n) is 2.49. The van der Waals surface area contributed by atoms with E-state index in [2.05, 4.69) is 5.32 Å². The van der Waals surface area contributed by atoms with Crippen LogP contribution in [0.5, 0.6) is 0 Å². The molecule has 0 aromatic heterocycles. The van der Waals surface area contributed by atoms with E-state index in [-0.39, 0.29) is 6.54 Å². The molecule has 2 rings (SSSR count). The van der Waals surface area contributed by atoms with Crippen molar-refractivity contribution in [3.63, 3.8) is 0 Å². The molecule has 5 nitrogen and oxygen atoms in total. The van der Waals surface area contributed by atoms with Crippen LogP contribution in [0.4, 0.5) is 11.4 Å². The molecule has 134 valence electrons. The third kappa shape index (κ3) is 4.74. The predicted octanol–water partition coefficient (Wildman–Crippen LogP) is 3.67. The molecular formula is C18H21ClN2O3S. The van der Waals surface area contributed by atoms with Gasteiger partial charge in [0.05, 0.1) is 11.9 Å². The van der Waals surface area contributed by atoms with E-state index in [4.69, 9.17) is 11.6 Å². The van der Waals surface area contributed by atoms with Crippen LogP contribution in [0.15, 0.2) is 36.4 Å². The van der Waals surface area contributed by atoms with Crippen LogP contribution in [-0.2, 0) is 14.8 Å². The number of benzene rings is 2. The molecule has 0 spiro atoms. The summed E-state index contributed by atoms with van der Waals surface area (Å²) in [6.45, 7) is 5.30. The molecule has 0 aliphatic rings. The number of hydrogen-bond acceptors (Lipinski definition) is 3. The average Bonchev–Trinajstić information content (AvgIpc) is 2.49. The molecule has 1 N–H and O–H groups in total. The Kier molecular flexibility index (Phi) is 5.75. The number of anilines is 2. The molecule has 0 unspecified atom stereocenters. The van der Waals surface area contributed by atoms with E-state index >= 15 is 0 Å². The van der Waals surface area contributed by atoms with Gasteiger partial charge in [-0.1, -0.05) is 23.7 Å². The van der Waals surface area contributed by atoms with Crippen LogP contribution in [-0.4, -0.2) is 27.1 Å². The van der Waals surface area contributed by atoms with Gasteiger partial charge < -0.3 is 5.32 Å². The van der Waals surface area contributed by atoms with Gasteiger partial charge in [-0.05, 0) is 61.7 Å². The summed E-state index contributed by atoms with van der Waals surface area (Å²) in [6, 6.07) is 10.4. The minimum atomic E-state index is -3.63. The predicted molar refractivity (Wildman–Crippen MR) is 103 cm³/mol. The van der Waals surface area contributed by atoms with Crippen molar-refractivity contribution in [3.8, 4) is 0 Å². The summed E-state index contributed by atoms with van der Waals surface area (Å²) in [5.41, 5.74) is 3.78. The summed E-state index contributed by atoms with van der Waals surface area (Å²) in [5, 5.41) is 3.29. The van der Waals surface area contributed by atoms with Gasteiger partial charge in [-0.2, -0.15) is 0 Å². The fraction of sp³-hybridized carbons (Fsp3) is 0.278. The van der Waals surface area contributed by atoms with Gasteiger partial charge in [0.25, 0.3) is 0 Å². The first-order valence-electron chi connectivity index (χ1n) is 7.69. The van der Waals surface area contributed by atoms with Crippen molar-refractivity contribution in [2.24, 2.45) is 0 Å². The second-order valence-corrected chi connectivity index (χ2v) is 8.34. The SMILES string of the molecule is Cc1cc(Cl)ccc1N(CC(=O)Nc1cccc(C)c1C)S(C)(=O)=O. The monoisotopic (exact) mass is 380 g/mol. The Hall–Kier alpha value is -2.05. The van der Waals surface area contributed by atoms with Gasteiger partial charge in [-0.25, -0.2) is 8.42 Å². The van der Waals surface area contributed by atoms with E-state index in [1.165, 1.54) is 0 Å². The van der Waals surface area contributed by atoms with Crippen LogP contribution in [0.3, 0.4) is 0 Å². The third-order valence-corrected chi connectivity index (χ3v) is 5.36. The highest BCUT2D eigenvalue weighted by Crippen LogP contribution is 2.26. The highest BCUT2D eigenvalue weighted by atomic mass is 35.5. The minimum absolute atomic E-state index is 0.311. The van der Waals surface area contributed by atoms with Crippen molar-refractivity contribution in [1.29, 1.82) is 0 Å². The van der Waals surface area contributed by atoms with Gasteiger partial charge in [-0.15, -0.1) is 0 Å². The number of aryl methyl sites for hydroxylation is 2. The molecule has 1 amide bonds. The summed E-state index contributed by atoms with van der Waals surface area (Å²) in [7, 11) is -3.63. The van der Waals surface area contributed by atoms with E-state index in [1.807, 2.05) is 26.0 Å². The largest absolute Gasteiger partial charge is 0.324 e. The number of nitrogens with one attached hydrogen (secondary N) is 1. The third-order valence-electron chi connectivity index (χ3n) is 3.99. The number of halogens is 1. The van der Waals surface area contributed by atoms with Gasteiger partial charge in [0, 0.05) is 10.7 Å². The molecule has 0 atom stereocenters. The van der Waals surface area contributed by atoms with E-state index < -0.39 is 15.9 Å². The lowest BCUT2D eigenvalue weighted by molar-refractivity contribution is -0.114. The molecule has 0 saturated heterocycles. The zero-order chi connectivity index (χ0) is 18.8. The first kappa shape index (κ1) is 19.3. The maximum absolute atomic E-state index is 12.4. The summed E-state index contributed by atoms with van der Waals surface area (Å²) >= 11 is 5.93. The van der Waals surface area contributed by atoms with Gasteiger partial charge in [0.15, 0.2) is 0 Å². The number of carbonyl (C=O) groups is 1. The summed E-state index contributed by atoms with van der Waals surface area (Å²) in [4.78, 5) is 12.4. The van der Waals surface area contributed by atoms with Gasteiger partial charge in [0.1, 0.15) is 6.54 Å². The molecule has 0 aliphatic heterocycles. The van der Waals surface area contributed by atoms with Crippen LogP contribution in [0.25, 0.3) is 0 Å². The van der Waals surface area contributed by atoms with E-state index in [1.54, 1.807) is 31.2 Å². The molecule has 0 bridgehead atoms. The first-order chi connectivity index (χ1) is 11.6. The number of amides is 1. The molecule has 0 aliphatic carbocycles. The number of rotatable bonds is 5. The van der Waals surface area contributed by atoms with E-state index in [9.17, 15) is 13.2 Å². The van der Waals surface area contributed by atoms with Crippen molar-refractivity contribution in [1.82, 2.24) is 0 Å². The lowest BCUT2D eigenvalue weighted by atomic mass is 10.1. The van der Waals surface area contributed by atoms with Crippen LogP contribution >= 0.6 is 11.6 Å². The number of carbonyl (C=O) groups excluding carboxylic acids is 1. The molecule has 0 fully saturated rings. The summed E-state index contributed by atoms with van der Waals surface area (Å²) in [6.07, 6.45) is 1.08. The summed E-state index contributed by atoms with van der Waals surface area (Å²) < 4.78 is 25.5. The molecular weight excluding hydrogens is 360 g/mol. The van der Waals surface area contributed by atoms with Crippen molar-refractivity contribution >= 4 is 38.9 Å². The molecule has 25 heavy (non-hydrogen) atoms. The Labute approximate surface area is 153 Å². The molecule has 7 heteroatoms. The second kappa shape index (κ2) is 7.45. The molecule has 0 heterocycles. The smallest absolute Gasteiger partial charge is 0.245 e. The quantitative estimate of drug-likeness (QED) is 0.860. The Balaban J connectivity index is 2.29. The van der Waals surface area contributed by atoms with E-state index in [0.29, 0.717) is 22.0 Å². The van der Waals surface area contributed by atoms with Gasteiger partial charge in [-0.3, -0.25) is 9.10 Å². The van der Waals surface area contributed by atoms with Crippen LogP contribution in [0.1, 0.15) is 16.7 Å². The van der Waals surface area contributed by atoms with Crippen LogP contribution in [0, 0.1) is 20.8 Å². The van der Waals surface area contributed by atoms with Crippen molar-refractivity contribution in [2.45, 2.75) is 20.8 Å². The standard InChI is InChI=1S/C18H21ClN2O3S/c1-12-6-5-7-16(14(12)3)20-18(22)11-21(25(4,23)24)17-9-8-15(19)10-13(17)2/h5-10H,11H2,1-4H3,(H,20,22). The number of nitrogens with zero attached hydrogens (tertiary/aromatic N) is 1. The van der Waals surface area contributed by atoms with Gasteiger partial charge >= 0.3 is 0 Å². The maximum Gasteiger partial charge on any atom is 0.245 e. The Morgan fingerprint density at radius 3 is 2.40 bits per heavy atom. The van der Waals surface area contributed by atoms with Crippen molar-refractivity contribution in [3.05, 3.63) is 58.1 Å². The first-order valence-corrected chi connectivity index (χ1v) is 9.92. The molecule has 0 saturated carbocycles. The second-order valence-electron chi connectivity index (χ2n) is 6.00. The lowest BCUT2D eigenvalue weighted by Crippen LogP contribution is -2.38. The average molecular weight is 381 g/mol. The molecule has 0 radical (unpaired) electrons. The zero-order valence-electron chi connectivity index (χ0n) is 14.6. The maximum atomic E-state index is 12.4. The summed E-state index contributed by atoms with van der Waals surface area (Å²) in [5.74, 6) is -0.409.